The highest BCUT2D eigenvalue weighted by Crippen LogP contribution is 2.30. The van der Waals surface area contributed by atoms with E-state index < -0.39 is 17.3 Å². The fraction of sp³-hybridized carbons (Fsp3) is 0.250. The van der Waals surface area contributed by atoms with E-state index in [1.165, 1.54) is 6.20 Å². The molecule has 0 aliphatic rings. The molecule has 6 nitrogen and oxygen atoms in total. The van der Waals surface area contributed by atoms with Crippen molar-refractivity contribution in [3.05, 3.63) is 90.4 Å². The van der Waals surface area contributed by atoms with E-state index in [2.05, 4.69) is 15.0 Å². The van der Waals surface area contributed by atoms with Gasteiger partial charge >= 0.3 is 12.1 Å². The maximum Gasteiger partial charge on any atom is 0.432 e. The van der Waals surface area contributed by atoms with Crippen molar-refractivity contribution < 1.29 is 27.4 Å². The summed E-state index contributed by atoms with van der Waals surface area (Å²) in [5.74, 6) is 0.458. The van der Waals surface area contributed by atoms with E-state index in [9.17, 15) is 18.0 Å². The first kappa shape index (κ1) is 25.9. The van der Waals surface area contributed by atoms with E-state index in [0.29, 0.717) is 30.0 Å². The second-order valence-corrected chi connectivity index (χ2v) is 9.14. The number of ether oxygens (including phenoxy) is 2. The number of nitrogens with zero attached hydrogens (tertiary/aromatic N) is 2. The summed E-state index contributed by atoms with van der Waals surface area (Å²) >= 11 is 0. The van der Waals surface area contributed by atoms with Gasteiger partial charge in [-0.05, 0) is 62.2 Å². The summed E-state index contributed by atoms with van der Waals surface area (Å²) in [6, 6.07) is 20.2. The van der Waals surface area contributed by atoms with E-state index in [4.69, 9.17) is 9.47 Å². The molecule has 0 fully saturated rings. The van der Waals surface area contributed by atoms with Crippen molar-refractivity contribution >= 4 is 5.97 Å². The Morgan fingerprint density at radius 2 is 1.59 bits per heavy atom. The number of nitrogens with one attached hydrogen (secondary N) is 1. The molecule has 0 amide bonds. The molecule has 0 atom stereocenters. The number of halogens is 3. The summed E-state index contributed by atoms with van der Waals surface area (Å²) in [7, 11) is 0. The molecule has 2 heterocycles. The minimum atomic E-state index is -4.48. The van der Waals surface area contributed by atoms with Gasteiger partial charge in [0.2, 0.25) is 0 Å². The Bertz CT molecular complexity index is 1320. The van der Waals surface area contributed by atoms with Gasteiger partial charge in [0.05, 0.1) is 23.9 Å². The van der Waals surface area contributed by atoms with Crippen molar-refractivity contribution in [2.75, 3.05) is 6.61 Å². The van der Waals surface area contributed by atoms with Crippen LogP contribution in [-0.2, 0) is 22.3 Å². The van der Waals surface area contributed by atoms with E-state index >= 15 is 0 Å². The number of rotatable bonds is 9. The number of hydrogen-bond donors (Lipinski definition) is 1. The molecule has 37 heavy (non-hydrogen) atoms. The molecule has 0 aliphatic heterocycles. The lowest BCUT2D eigenvalue weighted by Crippen LogP contribution is -2.28. The Hall–Kier alpha value is -4.14. The molecule has 0 radical (unpaired) electrons. The highest BCUT2D eigenvalue weighted by atomic mass is 19.4. The normalized spacial score (nSPS) is 11.8. The summed E-state index contributed by atoms with van der Waals surface area (Å²) in [5.41, 5.74) is 1.25. The summed E-state index contributed by atoms with van der Waals surface area (Å²) < 4.78 is 49.6. The number of aromatic nitrogens is 3. The third-order valence-electron chi connectivity index (χ3n) is 5.83. The first-order valence-corrected chi connectivity index (χ1v) is 11.6. The van der Waals surface area contributed by atoms with Crippen LogP contribution >= 0.6 is 0 Å². The maximum atomic E-state index is 12.8. The fourth-order valence-corrected chi connectivity index (χ4v) is 3.48. The average molecular weight is 510 g/mol. The van der Waals surface area contributed by atoms with Crippen molar-refractivity contribution in [1.82, 2.24) is 15.0 Å². The lowest BCUT2D eigenvalue weighted by molar-refractivity contribution is -0.156. The Labute approximate surface area is 212 Å². The molecule has 0 unspecified atom stereocenters. The van der Waals surface area contributed by atoms with Gasteiger partial charge in [-0.15, -0.1) is 0 Å². The minimum absolute atomic E-state index is 0.0991. The van der Waals surface area contributed by atoms with Crippen LogP contribution in [0.3, 0.4) is 0 Å². The number of imidazole rings is 1. The van der Waals surface area contributed by atoms with E-state index in [0.717, 1.165) is 17.3 Å². The number of benzene rings is 2. The predicted molar refractivity (Wildman–Crippen MR) is 132 cm³/mol. The van der Waals surface area contributed by atoms with Gasteiger partial charge in [-0.3, -0.25) is 9.78 Å². The zero-order chi connectivity index (χ0) is 26.5. The van der Waals surface area contributed by atoms with Gasteiger partial charge in [-0.2, -0.15) is 13.2 Å². The molecule has 0 aliphatic carbocycles. The standard InChI is InChI=1S/C28H26F3N3O3/c1-27(2,26(35)37-18-19-6-4-3-5-7-19)14-15-36-22-11-8-20(9-12-22)23-13-10-21(16-32-23)25-33-17-24(34-25)28(29,30)31/h3-13,16-17H,14-15,18H2,1-2H3,(H,33,34). The Morgan fingerprint density at radius 1 is 0.892 bits per heavy atom. The minimum Gasteiger partial charge on any atom is -0.494 e. The average Bonchev–Trinajstić information content (AvgIpc) is 3.40. The summed E-state index contributed by atoms with van der Waals surface area (Å²) in [5, 5.41) is 0. The number of pyridine rings is 1. The van der Waals surface area contributed by atoms with Gasteiger partial charge in [0, 0.05) is 17.3 Å². The second-order valence-electron chi connectivity index (χ2n) is 9.14. The van der Waals surface area contributed by atoms with E-state index in [1.54, 1.807) is 24.3 Å². The Balaban J connectivity index is 1.29. The van der Waals surface area contributed by atoms with Gasteiger partial charge in [0.25, 0.3) is 0 Å². The Kier molecular flexibility index (Phi) is 7.61. The van der Waals surface area contributed by atoms with Crippen LogP contribution in [-0.4, -0.2) is 27.5 Å². The van der Waals surface area contributed by atoms with Crippen molar-refractivity contribution in [2.24, 2.45) is 5.41 Å². The fourth-order valence-electron chi connectivity index (χ4n) is 3.48. The summed E-state index contributed by atoms with van der Waals surface area (Å²) in [6.07, 6.45) is -1.77. The summed E-state index contributed by atoms with van der Waals surface area (Å²) in [6.45, 7) is 4.23. The molecule has 2 aromatic carbocycles. The SMILES string of the molecule is CC(C)(CCOc1ccc(-c2ccc(-c3ncc(C(F)(F)F)[nH]3)cn2)cc1)C(=O)OCc1ccccc1. The van der Waals surface area contributed by atoms with Crippen molar-refractivity contribution in [3.63, 3.8) is 0 Å². The van der Waals surface area contributed by atoms with Gasteiger partial charge < -0.3 is 14.5 Å². The van der Waals surface area contributed by atoms with Crippen molar-refractivity contribution in [2.45, 2.75) is 33.1 Å². The van der Waals surface area contributed by atoms with Gasteiger partial charge in [0.15, 0.2) is 0 Å². The lowest BCUT2D eigenvalue weighted by atomic mass is 9.90. The van der Waals surface area contributed by atoms with Gasteiger partial charge in [0.1, 0.15) is 23.9 Å². The van der Waals surface area contributed by atoms with Gasteiger partial charge in [-0.25, -0.2) is 4.98 Å². The molecule has 0 saturated heterocycles. The number of aromatic amines is 1. The smallest absolute Gasteiger partial charge is 0.432 e. The number of H-pyrrole nitrogens is 1. The van der Waals surface area contributed by atoms with Crippen LogP contribution in [0.15, 0.2) is 79.1 Å². The molecule has 0 spiro atoms. The van der Waals surface area contributed by atoms with Crippen LogP contribution in [0.5, 0.6) is 5.75 Å². The lowest BCUT2D eigenvalue weighted by Gasteiger charge is -2.22. The van der Waals surface area contributed by atoms with Crippen LogP contribution in [0, 0.1) is 5.41 Å². The molecule has 4 aromatic rings. The Morgan fingerprint density at radius 3 is 2.22 bits per heavy atom. The number of esters is 1. The molecule has 192 valence electrons. The third kappa shape index (κ3) is 6.75. The third-order valence-corrected chi connectivity index (χ3v) is 5.83. The molecule has 2 aromatic heterocycles. The molecule has 1 N–H and O–H groups in total. The summed E-state index contributed by atoms with van der Waals surface area (Å²) in [4.78, 5) is 22.9. The molecule has 0 bridgehead atoms. The topological polar surface area (TPSA) is 77.1 Å². The molecular formula is C28H26F3N3O3. The van der Waals surface area contributed by atoms with E-state index in [-0.39, 0.29) is 18.4 Å². The van der Waals surface area contributed by atoms with Crippen LogP contribution in [0.4, 0.5) is 13.2 Å². The predicted octanol–water partition coefficient (Wildman–Crippen LogP) is 6.70. The molecular weight excluding hydrogens is 483 g/mol. The van der Waals surface area contributed by atoms with Crippen LogP contribution in [0.2, 0.25) is 0 Å². The van der Waals surface area contributed by atoms with Gasteiger partial charge in [-0.1, -0.05) is 30.3 Å². The second kappa shape index (κ2) is 10.9. The quantitative estimate of drug-likeness (QED) is 0.254. The first-order chi connectivity index (χ1) is 17.6. The zero-order valence-electron chi connectivity index (χ0n) is 20.4. The number of carbonyl (C=O) groups is 1. The zero-order valence-corrected chi connectivity index (χ0v) is 20.4. The highest BCUT2D eigenvalue weighted by molar-refractivity contribution is 5.75. The number of alkyl halides is 3. The van der Waals surface area contributed by atoms with Crippen molar-refractivity contribution in [3.8, 4) is 28.4 Å². The van der Waals surface area contributed by atoms with Crippen LogP contribution in [0.1, 0.15) is 31.5 Å². The monoisotopic (exact) mass is 509 g/mol. The number of carbonyl (C=O) groups excluding carboxylic acids is 1. The van der Waals surface area contributed by atoms with Crippen LogP contribution < -0.4 is 4.74 Å². The van der Waals surface area contributed by atoms with Crippen LogP contribution in [0.25, 0.3) is 22.6 Å². The van der Waals surface area contributed by atoms with Crippen molar-refractivity contribution in [1.29, 1.82) is 0 Å². The first-order valence-electron chi connectivity index (χ1n) is 11.6. The maximum absolute atomic E-state index is 12.8. The van der Waals surface area contributed by atoms with E-state index in [1.807, 2.05) is 56.3 Å². The largest absolute Gasteiger partial charge is 0.494 e. The molecule has 0 saturated carbocycles. The highest BCUT2D eigenvalue weighted by Gasteiger charge is 2.33. The molecule has 4 rings (SSSR count). The molecule has 9 heteroatoms. The number of hydrogen-bond acceptors (Lipinski definition) is 5.